The Balaban J connectivity index is 1.80. The molecule has 134 valence electrons. The Morgan fingerprint density at radius 3 is 2.92 bits per heavy atom. The van der Waals surface area contributed by atoms with Gasteiger partial charge in [0, 0.05) is 43.9 Å². The molecular formula is C19H32N4O. The number of likely N-dealkylation sites (N-methyl/N-ethyl adjacent to an activating group) is 1. The van der Waals surface area contributed by atoms with Gasteiger partial charge < -0.3 is 4.90 Å². The van der Waals surface area contributed by atoms with Gasteiger partial charge in [-0.15, -0.1) is 0 Å². The van der Waals surface area contributed by atoms with Crippen LogP contribution in [0.15, 0.2) is 12.4 Å². The van der Waals surface area contributed by atoms with Crippen LogP contribution >= 0.6 is 0 Å². The molecule has 0 aliphatic carbocycles. The van der Waals surface area contributed by atoms with Crippen LogP contribution in [0.3, 0.4) is 0 Å². The van der Waals surface area contributed by atoms with Crippen molar-refractivity contribution < 1.29 is 4.79 Å². The molecule has 0 spiro atoms. The normalized spacial score (nSPS) is 28.7. The Morgan fingerprint density at radius 2 is 2.17 bits per heavy atom. The number of fused-ring (bicyclic) bond motifs is 1. The van der Waals surface area contributed by atoms with E-state index in [0.29, 0.717) is 18.4 Å². The van der Waals surface area contributed by atoms with Crippen LogP contribution in [0.25, 0.3) is 0 Å². The molecule has 0 bridgehead atoms. The number of piperidine rings is 1. The van der Waals surface area contributed by atoms with Crippen LogP contribution in [0.2, 0.25) is 0 Å². The predicted octanol–water partition coefficient (Wildman–Crippen LogP) is 3.05. The minimum Gasteiger partial charge on any atom is -0.336 e. The van der Waals surface area contributed by atoms with E-state index in [2.05, 4.69) is 46.5 Å². The van der Waals surface area contributed by atoms with Crippen molar-refractivity contribution in [2.24, 2.45) is 0 Å². The SMILES string of the molecule is CCCn1cc(CN2CCCC[C@@]3(C)[C@@H]2CCC(=O)N3CC)cn1. The standard InChI is InChI=1S/C19H32N4O/c1-4-11-22-15-16(13-20-22)14-21-12-7-6-10-19(3)17(21)8-9-18(24)23(19)5-2/h13,15,17H,4-12,14H2,1-3H3/t17-,19-/m0/s1. The molecule has 2 fully saturated rings. The Morgan fingerprint density at radius 1 is 1.33 bits per heavy atom. The van der Waals surface area contributed by atoms with Crippen molar-refractivity contribution in [1.82, 2.24) is 19.6 Å². The highest BCUT2D eigenvalue weighted by Crippen LogP contribution is 2.39. The zero-order valence-electron chi connectivity index (χ0n) is 15.5. The summed E-state index contributed by atoms with van der Waals surface area (Å²) in [5, 5.41) is 4.48. The minimum absolute atomic E-state index is 0.0139. The van der Waals surface area contributed by atoms with E-state index in [0.717, 1.165) is 45.4 Å². The maximum atomic E-state index is 12.4. The zero-order valence-corrected chi connectivity index (χ0v) is 15.5. The summed E-state index contributed by atoms with van der Waals surface area (Å²) >= 11 is 0. The molecule has 0 saturated carbocycles. The quantitative estimate of drug-likeness (QED) is 0.832. The second-order valence-electron chi connectivity index (χ2n) is 7.59. The van der Waals surface area contributed by atoms with E-state index in [1.54, 1.807) is 0 Å². The summed E-state index contributed by atoms with van der Waals surface area (Å²) in [6, 6.07) is 0.465. The summed E-state index contributed by atoms with van der Waals surface area (Å²) in [7, 11) is 0. The van der Waals surface area contributed by atoms with Gasteiger partial charge in [0.15, 0.2) is 0 Å². The van der Waals surface area contributed by atoms with Crippen molar-refractivity contribution in [3.8, 4) is 0 Å². The number of amides is 1. The van der Waals surface area contributed by atoms with E-state index in [1.807, 2.05) is 6.20 Å². The van der Waals surface area contributed by atoms with E-state index in [1.165, 1.54) is 18.4 Å². The van der Waals surface area contributed by atoms with Crippen LogP contribution < -0.4 is 0 Å². The number of hydrogen-bond acceptors (Lipinski definition) is 3. The van der Waals surface area contributed by atoms with Crippen LogP contribution in [0, 0.1) is 0 Å². The first kappa shape index (κ1) is 17.5. The lowest BCUT2D eigenvalue weighted by Crippen LogP contribution is -2.64. The third kappa shape index (κ3) is 3.23. The predicted molar refractivity (Wildman–Crippen MR) is 95.6 cm³/mol. The second-order valence-corrected chi connectivity index (χ2v) is 7.59. The summed E-state index contributed by atoms with van der Waals surface area (Å²) in [6.07, 6.45) is 10.6. The fraction of sp³-hybridized carbons (Fsp3) is 0.789. The summed E-state index contributed by atoms with van der Waals surface area (Å²) in [5.74, 6) is 0.342. The van der Waals surface area contributed by atoms with Crippen molar-refractivity contribution >= 4 is 5.91 Å². The highest BCUT2D eigenvalue weighted by molar-refractivity contribution is 5.78. The van der Waals surface area contributed by atoms with E-state index >= 15 is 0 Å². The minimum atomic E-state index is -0.0139. The van der Waals surface area contributed by atoms with Crippen molar-refractivity contribution in [3.05, 3.63) is 18.0 Å². The fourth-order valence-corrected chi connectivity index (χ4v) is 4.80. The molecule has 1 aromatic rings. The number of carbonyl (C=O) groups is 1. The molecule has 0 N–H and O–H groups in total. The van der Waals surface area contributed by atoms with Crippen LogP contribution in [0.5, 0.6) is 0 Å². The summed E-state index contributed by atoms with van der Waals surface area (Å²) in [4.78, 5) is 17.2. The van der Waals surface area contributed by atoms with E-state index < -0.39 is 0 Å². The summed E-state index contributed by atoms with van der Waals surface area (Å²) < 4.78 is 2.05. The Bertz CT molecular complexity index is 569. The average Bonchev–Trinajstić information content (AvgIpc) is 2.91. The highest BCUT2D eigenvalue weighted by atomic mass is 16.2. The lowest BCUT2D eigenvalue weighted by molar-refractivity contribution is -0.146. The van der Waals surface area contributed by atoms with E-state index in [4.69, 9.17) is 0 Å². The average molecular weight is 332 g/mol. The monoisotopic (exact) mass is 332 g/mol. The van der Waals surface area contributed by atoms with Crippen molar-refractivity contribution in [2.75, 3.05) is 13.1 Å². The van der Waals surface area contributed by atoms with Gasteiger partial charge in [0.1, 0.15) is 0 Å². The number of rotatable bonds is 5. The topological polar surface area (TPSA) is 41.4 Å². The molecule has 2 atom stereocenters. The maximum absolute atomic E-state index is 12.4. The van der Waals surface area contributed by atoms with Crippen LogP contribution in [0.1, 0.15) is 64.9 Å². The van der Waals surface area contributed by atoms with Crippen molar-refractivity contribution in [1.29, 1.82) is 0 Å². The van der Waals surface area contributed by atoms with Gasteiger partial charge in [0.25, 0.3) is 0 Å². The number of likely N-dealkylation sites (tertiary alicyclic amines) is 2. The Labute approximate surface area is 146 Å². The molecule has 0 radical (unpaired) electrons. The fourth-order valence-electron chi connectivity index (χ4n) is 4.80. The smallest absolute Gasteiger partial charge is 0.223 e. The van der Waals surface area contributed by atoms with Gasteiger partial charge in [-0.3, -0.25) is 14.4 Å². The van der Waals surface area contributed by atoms with Gasteiger partial charge in [-0.05, 0) is 52.5 Å². The van der Waals surface area contributed by atoms with E-state index in [9.17, 15) is 4.79 Å². The zero-order chi connectivity index (χ0) is 17.2. The molecule has 2 aliphatic rings. The first-order valence-corrected chi connectivity index (χ1v) is 9.64. The molecule has 1 amide bonds. The molecule has 0 aromatic carbocycles. The van der Waals surface area contributed by atoms with Crippen LogP contribution in [0.4, 0.5) is 0 Å². The van der Waals surface area contributed by atoms with Gasteiger partial charge in [0.05, 0.1) is 11.7 Å². The van der Waals surface area contributed by atoms with E-state index in [-0.39, 0.29) is 5.54 Å². The molecule has 0 unspecified atom stereocenters. The largest absolute Gasteiger partial charge is 0.336 e. The Hall–Kier alpha value is -1.36. The van der Waals surface area contributed by atoms with Gasteiger partial charge in [-0.25, -0.2) is 0 Å². The first-order valence-electron chi connectivity index (χ1n) is 9.64. The molecule has 3 heterocycles. The van der Waals surface area contributed by atoms with Gasteiger partial charge >= 0.3 is 0 Å². The number of nitrogens with zero attached hydrogens (tertiary/aromatic N) is 4. The summed E-state index contributed by atoms with van der Waals surface area (Å²) in [5.41, 5.74) is 1.28. The van der Waals surface area contributed by atoms with Gasteiger partial charge in [-0.1, -0.05) is 6.92 Å². The van der Waals surface area contributed by atoms with Crippen LogP contribution in [-0.4, -0.2) is 50.2 Å². The van der Waals surface area contributed by atoms with Gasteiger partial charge in [0.2, 0.25) is 5.91 Å². The highest BCUT2D eigenvalue weighted by Gasteiger charge is 2.47. The third-order valence-corrected chi connectivity index (χ3v) is 5.93. The molecule has 2 aliphatic heterocycles. The molecular weight excluding hydrogens is 300 g/mol. The molecule has 24 heavy (non-hydrogen) atoms. The summed E-state index contributed by atoms with van der Waals surface area (Å²) in [6.45, 7) is 10.5. The maximum Gasteiger partial charge on any atom is 0.223 e. The van der Waals surface area contributed by atoms with Crippen molar-refractivity contribution in [3.63, 3.8) is 0 Å². The molecule has 1 aromatic heterocycles. The number of aryl methyl sites for hydroxylation is 1. The van der Waals surface area contributed by atoms with Crippen molar-refractivity contribution in [2.45, 2.75) is 84.0 Å². The molecule has 5 nitrogen and oxygen atoms in total. The Kier molecular flexibility index (Phi) is 5.28. The third-order valence-electron chi connectivity index (χ3n) is 5.93. The first-order chi connectivity index (χ1) is 11.6. The van der Waals surface area contributed by atoms with Crippen LogP contribution in [-0.2, 0) is 17.9 Å². The lowest BCUT2D eigenvalue weighted by Gasteiger charge is -2.52. The number of carbonyl (C=O) groups excluding carboxylic acids is 1. The lowest BCUT2D eigenvalue weighted by atomic mass is 9.79. The molecule has 5 heteroatoms. The second kappa shape index (κ2) is 7.26. The van der Waals surface area contributed by atoms with Gasteiger partial charge in [-0.2, -0.15) is 5.10 Å². The number of aromatic nitrogens is 2. The number of hydrogen-bond donors (Lipinski definition) is 0. The molecule has 3 rings (SSSR count). The molecule has 2 saturated heterocycles.